The molecule has 0 saturated heterocycles. The number of rotatable bonds is 3. The average Bonchev–Trinajstić information content (AvgIpc) is 2.68. The minimum atomic E-state index is -4.38. The van der Waals surface area contributed by atoms with Gasteiger partial charge in [0.25, 0.3) is 0 Å². The van der Waals surface area contributed by atoms with Crippen LogP contribution in [-0.2, 0) is 6.18 Å². The molecule has 1 aliphatic heterocycles. The van der Waals surface area contributed by atoms with Gasteiger partial charge in [0.05, 0.1) is 11.3 Å². The van der Waals surface area contributed by atoms with Gasteiger partial charge in [0.15, 0.2) is 11.5 Å². The maximum atomic E-state index is 12.7. The molecule has 4 rings (SSSR count). The monoisotopic (exact) mass is 374 g/mol. The molecule has 0 bridgehead atoms. The second-order valence-corrected chi connectivity index (χ2v) is 5.72. The highest BCUT2D eigenvalue weighted by molar-refractivity contribution is 5.60. The fourth-order valence-corrected chi connectivity index (χ4v) is 2.59. The Morgan fingerprint density at radius 3 is 2.33 bits per heavy atom. The van der Waals surface area contributed by atoms with E-state index in [-0.39, 0.29) is 5.88 Å². The Bertz CT molecular complexity index is 959. The third-order valence-corrected chi connectivity index (χ3v) is 3.89. The Morgan fingerprint density at radius 1 is 0.852 bits per heavy atom. The third-order valence-electron chi connectivity index (χ3n) is 3.89. The van der Waals surface area contributed by atoms with Crippen molar-refractivity contribution in [2.75, 3.05) is 13.2 Å². The largest absolute Gasteiger partial charge is 0.486 e. The first kappa shape index (κ1) is 17.1. The zero-order valence-electron chi connectivity index (χ0n) is 13.9. The molecule has 0 radical (unpaired) electrons. The molecule has 1 aliphatic rings. The van der Waals surface area contributed by atoms with Crippen molar-refractivity contribution in [1.29, 1.82) is 0 Å². The lowest BCUT2D eigenvalue weighted by atomic mass is 10.1. The standard InChI is InChI=1S/C19H13F3N2O3/c20-19(21,22)13-3-1-12(2-4-13)15-10-18(24-11-23-15)27-14-5-6-16-17(9-14)26-8-7-25-16/h1-6,9-11H,7-8H2. The molecule has 0 N–H and O–H groups in total. The lowest BCUT2D eigenvalue weighted by Crippen LogP contribution is -2.15. The van der Waals surface area contributed by atoms with Crippen molar-refractivity contribution in [2.24, 2.45) is 0 Å². The molecule has 3 aromatic rings. The summed E-state index contributed by atoms with van der Waals surface area (Å²) >= 11 is 0. The van der Waals surface area contributed by atoms with E-state index in [1.165, 1.54) is 18.5 Å². The number of hydrogen-bond acceptors (Lipinski definition) is 5. The first-order chi connectivity index (χ1) is 13.0. The van der Waals surface area contributed by atoms with Crippen LogP contribution in [0.5, 0.6) is 23.1 Å². The van der Waals surface area contributed by atoms with Gasteiger partial charge >= 0.3 is 6.18 Å². The van der Waals surface area contributed by atoms with E-state index in [1.54, 1.807) is 24.3 Å². The summed E-state index contributed by atoms with van der Waals surface area (Å²) in [6.07, 6.45) is -3.09. The number of nitrogens with zero attached hydrogens (tertiary/aromatic N) is 2. The van der Waals surface area contributed by atoms with Crippen LogP contribution >= 0.6 is 0 Å². The number of halogens is 3. The molecule has 1 aromatic heterocycles. The van der Waals surface area contributed by atoms with Gasteiger partial charge in [-0.3, -0.25) is 0 Å². The van der Waals surface area contributed by atoms with E-state index in [9.17, 15) is 13.2 Å². The lowest BCUT2D eigenvalue weighted by Gasteiger charge is -2.18. The molecule has 138 valence electrons. The molecule has 0 amide bonds. The van der Waals surface area contributed by atoms with Crippen molar-refractivity contribution < 1.29 is 27.4 Å². The molecule has 8 heteroatoms. The highest BCUT2D eigenvalue weighted by Crippen LogP contribution is 2.35. The van der Waals surface area contributed by atoms with Crippen molar-refractivity contribution in [2.45, 2.75) is 6.18 Å². The summed E-state index contributed by atoms with van der Waals surface area (Å²) < 4.78 is 54.7. The smallest absolute Gasteiger partial charge is 0.416 e. The van der Waals surface area contributed by atoms with Gasteiger partial charge < -0.3 is 14.2 Å². The molecule has 0 saturated carbocycles. The van der Waals surface area contributed by atoms with Gasteiger partial charge in [-0.25, -0.2) is 9.97 Å². The maximum absolute atomic E-state index is 12.7. The van der Waals surface area contributed by atoms with Gasteiger partial charge in [0.1, 0.15) is 25.3 Å². The number of alkyl halides is 3. The fourth-order valence-electron chi connectivity index (χ4n) is 2.59. The highest BCUT2D eigenvalue weighted by atomic mass is 19.4. The molecular weight excluding hydrogens is 361 g/mol. The zero-order valence-corrected chi connectivity index (χ0v) is 13.9. The van der Waals surface area contributed by atoms with Gasteiger partial charge in [-0.2, -0.15) is 13.2 Å². The van der Waals surface area contributed by atoms with Crippen LogP contribution < -0.4 is 14.2 Å². The molecule has 2 aromatic carbocycles. The second-order valence-electron chi connectivity index (χ2n) is 5.72. The van der Waals surface area contributed by atoms with Crippen molar-refractivity contribution in [3.8, 4) is 34.4 Å². The molecular formula is C19H13F3N2O3. The van der Waals surface area contributed by atoms with E-state index in [0.29, 0.717) is 41.7 Å². The van der Waals surface area contributed by atoms with Crippen LogP contribution in [0.25, 0.3) is 11.3 Å². The van der Waals surface area contributed by atoms with Crippen LogP contribution in [0.2, 0.25) is 0 Å². The van der Waals surface area contributed by atoms with E-state index in [4.69, 9.17) is 14.2 Å². The SMILES string of the molecule is FC(F)(F)c1ccc(-c2cc(Oc3ccc4c(c3)OCCO4)ncn2)cc1. The summed E-state index contributed by atoms with van der Waals surface area (Å²) in [6, 6.07) is 11.4. The van der Waals surface area contributed by atoms with Crippen molar-refractivity contribution >= 4 is 0 Å². The van der Waals surface area contributed by atoms with Gasteiger partial charge in [0, 0.05) is 17.7 Å². The molecule has 5 nitrogen and oxygen atoms in total. The van der Waals surface area contributed by atoms with Crippen LogP contribution in [0.1, 0.15) is 5.56 Å². The molecule has 0 aliphatic carbocycles. The number of hydrogen-bond donors (Lipinski definition) is 0. The summed E-state index contributed by atoms with van der Waals surface area (Å²) in [5, 5.41) is 0. The minimum absolute atomic E-state index is 0.261. The first-order valence-corrected chi connectivity index (χ1v) is 8.06. The lowest BCUT2D eigenvalue weighted by molar-refractivity contribution is -0.137. The number of ether oxygens (including phenoxy) is 3. The maximum Gasteiger partial charge on any atom is 0.416 e. The minimum Gasteiger partial charge on any atom is -0.486 e. The molecule has 0 fully saturated rings. The normalized spacial score (nSPS) is 13.3. The summed E-state index contributed by atoms with van der Waals surface area (Å²) in [6.45, 7) is 0.956. The fraction of sp³-hybridized carbons (Fsp3) is 0.158. The van der Waals surface area contributed by atoms with Gasteiger partial charge in [-0.1, -0.05) is 12.1 Å². The van der Waals surface area contributed by atoms with Crippen LogP contribution in [-0.4, -0.2) is 23.2 Å². The van der Waals surface area contributed by atoms with Crippen LogP contribution in [0.3, 0.4) is 0 Å². The third kappa shape index (κ3) is 3.79. The number of fused-ring (bicyclic) bond motifs is 1. The molecule has 27 heavy (non-hydrogen) atoms. The first-order valence-electron chi connectivity index (χ1n) is 8.06. The summed E-state index contributed by atoms with van der Waals surface area (Å²) in [5.74, 6) is 1.98. The molecule has 2 heterocycles. The van der Waals surface area contributed by atoms with Crippen molar-refractivity contribution in [3.63, 3.8) is 0 Å². The summed E-state index contributed by atoms with van der Waals surface area (Å²) in [7, 11) is 0. The summed E-state index contributed by atoms with van der Waals surface area (Å²) in [5.41, 5.74) is 0.261. The van der Waals surface area contributed by atoms with Crippen LogP contribution in [0.4, 0.5) is 13.2 Å². The average molecular weight is 374 g/mol. The van der Waals surface area contributed by atoms with Gasteiger partial charge in [-0.15, -0.1) is 0 Å². The molecule has 0 unspecified atom stereocenters. The van der Waals surface area contributed by atoms with E-state index < -0.39 is 11.7 Å². The predicted octanol–water partition coefficient (Wildman–Crippen LogP) is 4.73. The Kier molecular flexibility index (Phi) is 4.31. The second kappa shape index (κ2) is 6.79. The van der Waals surface area contributed by atoms with Crippen molar-refractivity contribution in [1.82, 2.24) is 9.97 Å². The van der Waals surface area contributed by atoms with Gasteiger partial charge in [-0.05, 0) is 24.3 Å². The van der Waals surface area contributed by atoms with E-state index >= 15 is 0 Å². The molecule has 0 spiro atoms. The molecule has 0 atom stereocenters. The van der Waals surface area contributed by atoms with Crippen LogP contribution in [0.15, 0.2) is 54.9 Å². The zero-order chi connectivity index (χ0) is 18.9. The quantitative estimate of drug-likeness (QED) is 0.664. The highest BCUT2D eigenvalue weighted by Gasteiger charge is 2.30. The Hall–Kier alpha value is -3.29. The van der Waals surface area contributed by atoms with Crippen molar-refractivity contribution in [3.05, 3.63) is 60.4 Å². The topological polar surface area (TPSA) is 53.5 Å². The Balaban J connectivity index is 1.56. The Morgan fingerprint density at radius 2 is 1.59 bits per heavy atom. The Labute approximate surface area is 152 Å². The van der Waals surface area contributed by atoms with E-state index in [1.807, 2.05) is 0 Å². The number of aromatic nitrogens is 2. The predicted molar refractivity (Wildman–Crippen MR) is 90.0 cm³/mol. The van der Waals surface area contributed by atoms with Gasteiger partial charge in [0.2, 0.25) is 5.88 Å². The number of benzene rings is 2. The van der Waals surface area contributed by atoms with Crippen LogP contribution in [0, 0.1) is 0 Å². The van der Waals surface area contributed by atoms with E-state index in [0.717, 1.165) is 12.1 Å². The van der Waals surface area contributed by atoms with E-state index in [2.05, 4.69) is 9.97 Å². The summed E-state index contributed by atoms with van der Waals surface area (Å²) in [4.78, 5) is 8.14.